The Balaban J connectivity index is 0.00000256. The molecule has 9 heteroatoms. The van der Waals surface area contributed by atoms with Crippen LogP contribution in [-0.2, 0) is 0 Å². The van der Waals surface area contributed by atoms with E-state index in [0.717, 1.165) is 38.4 Å². The zero-order valence-electron chi connectivity index (χ0n) is 16.4. The fraction of sp³-hybridized carbons (Fsp3) is 0.286. The van der Waals surface area contributed by atoms with Crippen LogP contribution in [0.15, 0.2) is 42.5 Å². The van der Waals surface area contributed by atoms with Gasteiger partial charge in [-0.1, -0.05) is 36.7 Å². The van der Waals surface area contributed by atoms with E-state index in [2.05, 4.69) is 16.7 Å². The third kappa shape index (κ3) is 3.70. The van der Waals surface area contributed by atoms with Crippen molar-refractivity contribution >= 4 is 40.7 Å². The van der Waals surface area contributed by atoms with E-state index in [9.17, 15) is 15.7 Å². The molecule has 0 spiro atoms. The zero-order chi connectivity index (χ0) is 20.5. The summed E-state index contributed by atoms with van der Waals surface area (Å²) in [6.45, 7) is 6.52. The first-order chi connectivity index (χ1) is 14.0. The largest absolute Gasteiger partial charge is 0.617 e. The quantitative estimate of drug-likeness (QED) is 0.457. The van der Waals surface area contributed by atoms with E-state index in [1.165, 1.54) is 6.07 Å². The molecule has 3 aromatic rings. The molecule has 1 aliphatic heterocycles. The first kappa shape index (κ1) is 21.9. The smallest absolute Gasteiger partial charge is 0.369 e. The molecule has 1 aliphatic rings. The molecule has 1 aromatic heterocycles. The van der Waals surface area contributed by atoms with Crippen molar-refractivity contribution in [1.29, 1.82) is 5.26 Å². The number of halogens is 2. The van der Waals surface area contributed by atoms with Gasteiger partial charge in [0.15, 0.2) is 6.07 Å². The molecule has 1 saturated heterocycles. The van der Waals surface area contributed by atoms with Crippen LogP contribution in [0.2, 0.25) is 5.02 Å². The van der Waals surface area contributed by atoms with Crippen LogP contribution in [-0.4, -0.2) is 37.6 Å². The molecule has 0 radical (unpaired) electrons. The van der Waals surface area contributed by atoms with Crippen molar-refractivity contribution in [2.75, 3.05) is 37.6 Å². The molecule has 0 bridgehead atoms. The molecule has 2 heterocycles. The monoisotopic (exact) mass is 445 g/mol. The summed E-state index contributed by atoms with van der Waals surface area (Å²) in [5, 5.41) is 36.1. The van der Waals surface area contributed by atoms with Crippen molar-refractivity contribution in [2.24, 2.45) is 0 Å². The lowest BCUT2D eigenvalue weighted by Gasteiger charge is -2.35. The molecular formula is C21H21Cl2N5O2. The Morgan fingerprint density at radius 3 is 2.27 bits per heavy atom. The molecule has 4 rings (SSSR count). The summed E-state index contributed by atoms with van der Waals surface area (Å²) in [7, 11) is 0. The molecule has 0 N–H and O–H groups in total. The molecule has 0 unspecified atom stereocenters. The normalized spacial score (nSPS) is 14.4. The highest BCUT2D eigenvalue weighted by Crippen LogP contribution is 2.31. The van der Waals surface area contributed by atoms with Crippen LogP contribution in [0.1, 0.15) is 12.6 Å². The van der Waals surface area contributed by atoms with Gasteiger partial charge < -0.3 is 20.2 Å². The molecule has 7 nitrogen and oxygen atoms in total. The van der Waals surface area contributed by atoms with Crippen LogP contribution >= 0.6 is 24.0 Å². The van der Waals surface area contributed by atoms with E-state index >= 15 is 0 Å². The van der Waals surface area contributed by atoms with Crippen molar-refractivity contribution in [1.82, 2.24) is 4.90 Å². The van der Waals surface area contributed by atoms with E-state index in [1.807, 2.05) is 12.1 Å². The van der Waals surface area contributed by atoms with Gasteiger partial charge in [-0.05, 0) is 18.7 Å². The lowest BCUT2D eigenvalue weighted by Crippen LogP contribution is -2.47. The molecule has 2 aromatic carbocycles. The Kier molecular flexibility index (Phi) is 6.52. The summed E-state index contributed by atoms with van der Waals surface area (Å²) in [5.41, 5.74) is 1.30. The minimum Gasteiger partial charge on any atom is -0.617 e. The summed E-state index contributed by atoms with van der Waals surface area (Å²) >= 11 is 6.48. The maximum Gasteiger partial charge on any atom is 0.369 e. The van der Waals surface area contributed by atoms with Gasteiger partial charge in [-0.2, -0.15) is 9.99 Å². The number of hydrogen-bond donors (Lipinski definition) is 0. The molecule has 30 heavy (non-hydrogen) atoms. The molecule has 0 saturated carbocycles. The number of hydrogen-bond acceptors (Lipinski definition) is 5. The zero-order valence-corrected chi connectivity index (χ0v) is 18.0. The highest BCUT2D eigenvalue weighted by Gasteiger charge is 2.31. The first-order valence-electron chi connectivity index (χ1n) is 9.50. The Labute approximate surface area is 185 Å². The predicted molar refractivity (Wildman–Crippen MR) is 119 cm³/mol. The molecular weight excluding hydrogens is 425 g/mol. The minimum absolute atomic E-state index is 0. The van der Waals surface area contributed by atoms with Crippen LogP contribution in [0.5, 0.6) is 0 Å². The standard InChI is InChI=1S/C21H20ClN5O2.ClH/c1-2-24-8-10-25(11-9-24)17-13-19-18(12-16(17)22)26(28)20(14-23)21(27(19)29)15-6-4-3-5-7-15;/h3-7,12-13H,2,8-11H2,1H3;1H. The second kappa shape index (κ2) is 8.92. The van der Waals surface area contributed by atoms with Crippen LogP contribution in [0.4, 0.5) is 5.69 Å². The number of likely N-dealkylation sites (N-methyl/N-ethyl adjacent to an activating group) is 1. The number of piperazine rings is 1. The number of aromatic nitrogens is 2. The lowest BCUT2D eigenvalue weighted by molar-refractivity contribution is -0.622. The molecule has 156 valence electrons. The van der Waals surface area contributed by atoms with Gasteiger partial charge in [-0.15, -0.1) is 17.1 Å². The minimum atomic E-state index is -0.251. The van der Waals surface area contributed by atoms with E-state index in [-0.39, 0.29) is 34.8 Å². The van der Waals surface area contributed by atoms with Gasteiger partial charge >= 0.3 is 11.4 Å². The van der Waals surface area contributed by atoms with Gasteiger partial charge in [0.25, 0.3) is 11.0 Å². The first-order valence-corrected chi connectivity index (χ1v) is 9.88. The van der Waals surface area contributed by atoms with E-state index in [1.54, 1.807) is 30.3 Å². The SMILES string of the molecule is CCN1CCN(c2cc3c(cc2Cl)[n+]([O-])c(C#N)c(-c2ccccc2)[n+]3[O-])CC1.Cl. The predicted octanol–water partition coefficient (Wildman–Crippen LogP) is 2.86. The summed E-state index contributed by atoms with van der Waals surface area (Å²) < 4.78 is 1.16. The average Bonchev–Trinajstić information content (AvgIpc) is 2.76. The van der Waals surface area contributed by atoms with Crippen LogP contribution in [0, 0.1) is 21.7 Å². The van der Waals surface area contributed by atoms with Gasteiger partial charge in [-0.25, -0.2) is 0 Å². The average molecular weight is 446 g/mol. The topological polar surface area (TPSA) is 84.2 Å². The second-order valence-corrected chi connectivity index (χ2v) is 7.38. The van der Waals surface area contributed by atoms with Gasteiger partial charge in [0.1, 0.15) is 0 Å². The third-order valence-electron chi connectivity index (χ3n) is 5.43. The van der Waals surface area contributed by atoms with Crippen molar-refractivity contribution in [3.8, 4) is 17.3 Å². The molecule has 0 aliphatic carbocycles. The van der Waals surface area contributed by atoms with Gasteiger partial charge in [0, 0.05) is 38.3 Å². The number of benzene rings is 2. The highest BCUT2D eigenvalue weighted by atomic mass is 35.5. The Morgan fingerprint density at radius 1 is 1.03 bits per heavy atom. The summed E-state index contributed by atoms with van der Waals surface area (Å²) in [6.07, 6.45) is 0. The highest BCUT2D eigenvalue weighted by molar-refractivity contribution is 6.34. The Bertz CT molecular complexity index is 1110. The van der Waals surface area contributed by atoms with E-state index in [4.69, 9.17) is 11.6 Å². The van der Waals surface area contributed by atoms with Gasteiger partial charge in [0.05, 0.1) is 16.3 Å². The molecule has 0 atom stereocenters. The van der Waals surface area contributed by atoms with E-state index < -0.39 is 0 Å². The lowest BCUT2D eigenvalue weighted by atomic mass is 10.1. The third-order valence-corrected chi connectivity index (χ3v) is 5.73. The number of fused-ring (bicyclic) bond motifs is 1. The Morgan fingerprint density at radius 2 is 1.67 bits per heavy atom. The fourth-order valence-electron chi connectivity index (χ4n) is 3.79. The van der Waals surface area contributed by atoms with Crippen molar-refractivity contribution in [3.05, 3.63) is 63.6 Å². The molecule has 0 amide bonds. The van der Waals surface area contributed by atoms with Crippen molar-refractivity contribution in [3.63, 3.8) is 0 Å². The van der Waals surface area contributed by atoms with Crippen LogP contribution in [0.3, 0.4) is 0 Å². The number of rotatable bonds is 3. The fourth-order valence-corrected chi connectivity index (χ4v) is 4.07. The van der Waals surface area contributed by atoms with E-state index in [0.29, 0.717) is 20.0 Å². The van der Waals surface area contributed by atoms with Crippen LogP contribution < -0.4 is 14.4 Å². The van der Waals surface area contributed by atoms with Crippen LogP contribution in [0.25, 0.3) is 22.3 Å². The Hall–Kier alpha value is -2.79. The second-order valence-electron chi connectivity index (χ2n) is 6.98. The van der Waals surface area contributed by atoms with Crippen molar-refractivity contribution in [2.45, 2.75) is 6.92 Å². The summed E-state index contributed by atoms with van der Waals surface area (Å²) in [5.74, 6) is 0. The van der Waals surface area contributed by atoms with Gasteiger partial charge in [-0.3, -0.25) is 0 Å². The summed E-state index contributed by atoms with van der Waals surface area (Å²) in [6, 6.07) is 13.8. The summed E-state index contributed by atoms with van der Waals surface area (Å²) in [4.78, 5) is 4.47. The van der Waals surface area contributed by atoms with Gasteiger partial charge in [0.2, 0.25) is 0 Å². The maximum atomic E-state index is 13.2. The number of anilines is 1. The van der Waals surface area contributed by atoms with Crippen molar-refractivity contribution < 1.29 is 9.46 Å². The maximum absolute atomic E-state index is 13.2. The number of nitrogens with zero attached hydrogens (tertiary/aromatic N) is 5. The number of nitriles is 1. The molecule has 1 fully saturated rings.